The highest BCUT2D eigenvalue weighted by molar-refractivity contribution is 7.98. The van der Waals surface area contributed by atoms with E-state index < -0.39 is 12.4 Å². The van der Waals surface area contributed by atoms with Crippen LogP contribution in [-0.2, 0) is 5.75 Å². The van der Waals surface area contributed by atoms with E-state index in [1.54, 1.807) is 17.8 Å². The molecule has 0 amide bonds. The van der Waals surface area contributed by atoms with E-state index in [0.717, 1.165) is 23.8 Å². The van der Waals surface area contributed by atoms with Crippen molar-refractivity contribution in [3.63, 3.8) is 0 Å². The van der Waals surface area contributed by atoms with Gasteiger partial charge in [0.25, 0.3) is 0 Å². The number of thioether (sulfide) groups is 1. The van der Waals surface area contributed by atoms with Crippen LogP contribution in [0.3, 0.4) is 0 Å². The van der Waals surface area contributed by atoms with Crippen LogP contribution in [0.25, 0.3) is 0 Å². The minimum absolute atomic E-state index is 0.496. The highest BCUT2D eigenvalue weighted by atomic mass is 32.2. The fourth-order valence-electron chi connectivity index (χ4n) is 1.22. The third kappa shape index (κ3) is 4.20. The van der Waals surface area contributed by atoms with Crippen LogP contribution in [0.5, 0.6) is 0 Å². The predicted octanol–water partition coefficient (Wildman–Crippen LogP) is 3.38. The molecule has 0 unspecified atom stereocenters. The van der Waals surface area contributed by atoms with Crippen molar-refractivity contribution in [2.75, 3.05) is 5.75 Å². The molecular weight excluding hydrogens is 220 g/mol. The number of hydrogen-bond donors (Lipinski definition) is 0. The van der Waals surface area contributed by atoms with Gasteiger partial charge in [0.1, 0.15) is 0 Å². The molecule has 0 saturated carbocycles. The number of hydrogen-bond acceptors (Lipinski definition) is 1. The van der Waals surface area contributed by atoms with Crippen molar-refractivity contribution in [1.82, 2.24) is 0 Å². The maximum atomic E-state index is 12.4. The molecule has 1 aromatic carbocycles. The fourth-order valence-corrected chi connectivity index (χ4v) is 2.07. The maximum Gasteiger partial charge on any atom is 0.509 e. The summed E-state index contributed by atoms with van der Waals surface area (Å²) >= 11 is 1.67. The molecule has 1 aromatic rings. The lowest BCUT2D eigenvalue weighted by molar-refractivity contribution is 0.501. The Morgan fingerprint density at radius 3 is 2.60 bits per heavy atom. The van der Waals surface area contributed by atoms with Crippen LogP contribution in [0, 0.1) is 0 Å². The molecular formula is C10H13BF3S-. The Balaban J connectivity index is 2.66. The SMILES string of the molecule is CCCSCc1cccc([B-](F)(F)F)c1. The van der Waals surface area contributed by atoms with E-state index in [1.807, 2.05) is 0 Å². The third-order valence-electron chi connectivity index (χ3n) is 1.95. The molecule has 0 N–H and O–H groups in total. The van der Waals surface area contributed by atoms with Crippen molar-refractivity contribution in [2.45, 2.75) is 19.1 Å². The smallest absolute Gasteiger partial charge is 0.445 e. The van der Waals surface area contributed by atoms with Crippen molar-refractivity contribution >= 4 is 24.2 Å². The summed E-state index contributed by atoms with van der Waals surface area (Å²) in [6, 6.07) is 5.61. The van der Waals surface area contributed by atoms with Crippen molar-refractivity contribution in [3.8, 4) is 0 Å². The molecule has 0 bridgehead atoms. The third-order valence-corrected chi connectivity index (χ3v) is 3.18. The van der Waals surface area contributed by atoms with Gasteiger partial charge in [0.2, 0.25) is 0 Å². The average Bonchev–Trinajstić information content (AvgIpc) is 2.17. The molecule has 0 fully saturated rings. The molecule has 0 aliphatic carbocycles. The second-order valence-corrected chi connectivity index (χ2v) is 4.48. The van der Waals surface area contributed by atoms with Gasteiger partial charge in [0.15, 0.2) is 0 Å². The van der Waals surface area contributed by atoms with Gasteiger partial charge in [-0.25, -0.2) is 0 Å². The zero-order valence-corrected chi connectivity index (χ0v) is 9.37. The minimum atomic E-state index is -4.86. The summed E-state index contributed by atoms with van der Waals surface area (Å²) < 4.78 is 37.2. The standard InChI is InChI=1S/C10H13BF3S/c1-2-6-15-8-9-4-3-5-10(7-9)11(12,13)14/h3-5,7H,2,6,8H2,1H3/q-1. The van der Waals surface area contributed by atoms with E-state index in [2.05, 4.69) is 6.92 Å². The molecule has 0 heterocycles. The summed E-state index contributed by atoms with van der Waals surface area (Å²) in [5.74, 6) is 1.65. The first-order valence-corrected chi connectivity index (χ1v) is 6.06. The molecule has 0 radical (unpaired) electrons. The molecule has 15 heavy (non-hydrogen) atoms. The lowest BCUT2D eigenvalue weighted by Gasteiger charge is -2.15. The quantitative estimate of drug-likeness (QED) is 0.554. The van der Waals surface area contributed by atoms with Crippen LogP contribution in [0.4, 0.5) is 12.9 Å². The van der Waals surface area contributed by atoms with Gasteiger partial charge in [-0.2, -0.15) is 11.8 Å². The number of benzene rings is 1. The highest BCUT2D eigenvalue weighted by Gasteiger charge is 2.25. The first-order chi connectivity index (χ1) is 7.04. The van der Waals surface area contributed by atoms with E-state index in [0.29, 0.717) is 5.75 Å². The van der Waals surface area contributed by atoms with Crippen LogP contribution >= 0.6 is 11.8 Å². The zero-order valence-electron chi connectivity index (χ0n) is 8.55. The van der Waals surface area contributed by atoms with E-state index >= 15 is 0 Å². The summed E-state index contributed by atoms with van der Waals surface area (Å²) in [4.78, 5) is 0. The topological polar surface area (TPSA) is 0 Å². The Labute approximate surface area is 92.3 Å². The van der Waals surface area contributed by atoms with Gasteiger partial charge < -0.3 is 12.9 Å². The molecule has 84 valence electrons. The average molecular weight is 233 g/mol. The number of rotatable bonds is 5. The van der Waals surface area contributed by atoms with Gasteiger partial charge in [-0.3, -0.25) is 0 Å². The summed E-state index contributed by atoms with van der Waals surface area (Å²) in [5.41, 5.74) is 0.259. The molecule has 0 spiro atoms. The Morgan fingerprint density at radius 2 is 2.00 bits per heavy atom. The molecule has 0 aromatic heterocycles. The Morgan fingerprint density at radius 1 is 1.27 bits per heavy atom. The Hall–Kier alpha value is -0.575. The van der Waals surface area contributed by atoms with Gasteiger partial charge in [-0.05, 0) is 17.7 Å². The lowest BCUT2D eigenvalue weighted by Crippen LogP contribution is -2.33. The van der Waals surface area contributed by atoms with Gasteiger partial charge in [0, 0.05) is 5.75 Å². The van der Waals surface area contributed by atoms with Gasteiger partial charge in [0.05, 0.1) is 0 Å². The second-order valence-electron chi connectivity index (χ2n) is 3.37. The monoisotopic (exact) mass is 233 g/mol. The summed E-state index contributed by atoms with van der Waals surface area (Å²) in [6.07, 6.45) is 1.05. The van der Waals surface area contributed by atoms with E-state index in [-0.39, 0.29) is 0 Å². The van der Waals surface area contributed by atoms with Crippen LogP contribution in [-0.4, -0.2) is 12.7 Å². The van der Waals surface area contributed by atoms with Gasteiger partial charge in [-0.15, -0.1) is 5.46 Å². The largest absolute Gasteiger partial charge is 0.509 e. The zero-order chi connectivity index (χ0) is 11.3. The minimum Gasteiger partial charge on any atom is -0.445 e. The van der Waals surface area contributed by atoms with Crippen LogP contribution in [0.2, 0.25) is 0 Å². The van der Waals surface area contributed by atoms with Crippen molar-refractivity contribution in [3.05, 3.63) is 29.8 Å². The van der Waals surface area contributed by atoms with Crippen molar-refractivity contribution in [1.29, 1.82) is 0 Å². The van der Waals surface area contributed by atoms with Crippen molar-refractivity contribution in [2.24, 2.45) is 0 Å². The predicted molar refractivity (Wildman–Crippen MR) is 61.6 cm³/mol. The molecule has 0 aliphatic heterocycles. The molecule has 0 aliphatic rings. The summed E-state index contributed by atoms with van der Waals surface area (Å²) in [7, 11) is 0. The van der Waals surface area contributed by atoms with Gasteiger partial charge in [-0.1, -0.05) is 31.2 Å². The van der Waals surface area contributed by atoms with Crippen molar-refractivity contribution < 1.29 is 12.9 Å². The Bertz CT molecular complexity index is 312. The molecule has 0 nitrogen and oxygen atoms in total. The van der Waals surface area contributed by atoms with Crippen LogP contribution in [0.1, 0.15) is 18.9 Å². The summed E-state index contributed by atoms with van der Waals surface area (Å²) in [5, 5.41) is 0. The normalized spacial score (nSPS) is 11.7. The first kappa shape index (κ1) is 12.5. The maximum absolute atomic E-state index is 12.4. The lowest BCUT2D eigenvalue weighted by atomic mass is 9.79. The van der Waals surface area contributed by atoms with E-state index in [9.17, 15) is 12.9 Å². The second kappa shape index (κ2) is 5.49. The van der Waals surface area contributed by atoms with E-state index in [1.165, 1.54) is 12.1 Å². The highest BCUT2D eigenvalue weighted by Crippen LogP contribution is 2.15. The number of halogens is 3. The summed E-state index contributed by atoms with van der Waals surface area (Å²) in [6.45, 7) is -2.80. The fraction of sp³-hybridized carbons (Fsp3) is 0.400. The molecule has 0 atom stereocenters. The van der Waals surface area contributed by atoms with Crippen LogP contribution < -0.4 is 5.46 Å². The van der Waals surface area contributed by atoms with Gasteiger partial charge >= 0.3 is 6.98 Å². The molecule has 1 rings (SSSR count). The molecule has 0 saturated heterocycles. The van der Waals surface area contributed by atoms with Crippen LogP contribution in [0.15, 0.2) is 24.3 Å². The first-order valence-electron chi connectivity index (χ1n) is 4.90. The van der Waals surface area contributed by atoms with E-state index in [4.69, 9.17) is 0 Å². The molecule has 5 heteroatoms. The Kier molecular flexibility index (Phi) is 4.58.